The SMILES string of the molecule is CCC(CC)(CO)CC1CCC2(CCCC2)O1. The first-order valence-corrected chi connectivity index (χ1v) is 7.46. The third kappa shape index (κ3) is 2.68. The molecule has 0 aromatic carbocycles. The van der Waals surface area contributed by atoms with Crippen molar-refractivity contribution in [2.24, 2.45) is 5.41 Å². The highest BCUT2D eigenvalue weighted by Crippen LogP contribution is 2.46. The molecule has 1 atom stereocenters. The summed E-state index contributed by atoms with van der Waals surface area (Å²) in [5.74, 6) is 0. The summed E-state index contributed by atoms with van der Waals surface area (Å²) in [5.41, 5.74) is 0.349. The van der Waals surface area contributed by atoms with Crippen LogP contribution in [-0.4, -0.2) is 23.4 Å². The molecule has 1 heterocycles. The molecule has 1 spiro atoms. The number of aliphatic hydroxyl groups excluding tert-OH is 1. The van der Waals surface area contributed by atoms with Gasteiger partial charge in [0.1, 0.15) is 0 Å². The number of ether oxygens (including phenoxy) is 1. The van der Waals surface area contributed by atoms with Gasteiger partial charge >= 0.3 is 0 Å². The predicted molar refractivity (Wildman–Crippen MR) is 70.0 cm³/mol. The van der Waals surface area contributed by atoms with Crippen molar-refractivity contribution >= 4 is 0 Å². The molecule has 0 aromatic rings. The fourth-order valence-corrected chi connectivity index (χ4v) is 3.74. The summed E-state index contributed by atoms with van der Waals surface area (Å²) in [7, 11) is 0. The summed E-state index contributed by atoms with van der Waals surface area (Å²) < 4.78 is 6.36. The maximum Gasteiger partial charge on any atom is 0.0687 e. The highest BCUT2D eigenvalue weighted by Gasteiger charge is 2.44. The molecule has 2 fully saturated rings. The number of rotatable bonds is 5. The van der Waals surface area contributed by atoms with E-state index in [1.807, 2.05) is 0 Å². The molecule has 0 aromatic heterocycles. The second-order valence-electron chi connectivity index (χ2n) is 6.24. The third-order valence-electron chi connectivity index (χ3n) is 5.35. The van der Waals surface area contributed by atoms with Crippen molar-refractivity contribution < 1.29 is 9.84 Å². The Morgan fingerprint density at radius 1 is 1.18 bits per heavy atom. The van der Waals surface area contributed by atoms with Gasteiger partial charge in [-0.2, -0.15) is 0 Å². The van der Waals surface area contributed by atoms with Gasteiger partial charge in [0.15, 0.2) is 0 Å². The van der Waals surface area contributed by atoms with Crippen molar-refractivity contribution in [3.8, 4) is 0 Å². The first-order valence-electron chi connectivity index (χ1n) is 7.46. The Morgan fingerprint density at radius 3 is 2.35 bits per heavy atom. The van der Waals surface area contributed by atoms with E-state index in [0.29, 0.717) is 12.7 Å². The smallest absolute Gasteiger partial charge is 0.0687 e. The lowest BCUT2D eigenvalue weighted by Crippen LogP contribution is -2.31. The van der Waals surface area contributed by atoms with Crippen LogP contribution >= 0.6 is 0 Å². The lowest BCUT2D eigenvalue weighted by molar-refractivity contribution is -0.0612. The van der Waals surface area contributed by atoms with E-state index in [9.17, 15) is 5.11 Å². The van der Waals surface area contributed by atoms with Crippen molar-refractivity contribution in [2.75, 3.05) is 6.61 Å². The molecule has 2 nitrogen and oxygen atoms in total. The van der Waals surface area contributed by atoms with Crippen molar-refractivity contribution in [1.82, 2.24) is 0 Å². The molecule has 1 aliphatic heterocycles. The summed E-state index contributed by atoms with van der Waals surface area (Å²) in [6.45, 7) is 4.70. The summed E-state index contributed by atoms with van der Waals surface area (Å²) in [6.07, 6.45) is 11.3. The van der Waals surface area contributed by atoms with Crippen molar-refractivity contribution in [2.45, 2.75) is 83.3 Å². The molecule has 0 radical (unpaired) electrons. The third-order valence-corrected chi connectivity index (χ3v) is 5.35. The topological polar surface area (TPSA) is 29.5 Å². The first-order chi connectivity index (χ1) is 8.17. The van der Waals surface area contributed by atoms with Gasteiger partial charge in [-0.05, 0) is 50.4 Å². The molecule has 1 saturated carbocycles. The minimum Gasteiger partial charge on any atom is -0.396 e. The van der Waals surface area contributed by atoms with Gasteiger partial charge in [-0.3, -0.25) is 0 Å². The molecule has 2 rings (SSSR count). The standard InChI is InChI=1S/C15H28O2/c1-3-14(4-2,12-16)11-13-7-10-15(17-13)8-5-6-9-15/h13,16H,3-12H2,1-2H3. The normalized spacial score (nSPS) is 28.1. The van der Waals surface area contributed by atoms with Gasteiger partial charge in [0.2, 0.25) is 0 Å². The van der Waals surface area contributed by atoms with E-state index in [4.69, 9.17) is 4.74 Å². The molecule has 1 unspecified atom stereocenters. The van der Waals surface area contributed by atoms with Gasteiger partial charge in [-0.1, -0.05) is 26.7 Å². The van der Waals surface area contributed by atoms with E-state index >= 15 is 0 Å². The molecule has 2 heteroatoms. The zero-order valence-corrected chi connectivity index (χ0v) is 11.5. The molecule has 100 valence electrons. The summed E-state index contributed by atoms with van der Waals surface area (Å²) in [4.78, 5) is 0. The van der Waals surface area contributed by atoms with E-state index in [1.54, 1.807) is 0 Å². The Bertz CT molecular complexity index is 231. The van der Waals surface area contributed by atoms with E-state index < -0.39 is 0 Å². The van der Waals surface area contributed by atoms with Crippen molar-refractivity contribution in [1.29, 1.82) is 0 Å². The van der Waals surface area contributed by atoms with Crippen LogP contribution in [0.5, 0.6) is 0 Å². The second-order valence-corrected chi connectivity index (χ2v) is 6.24. The van der Waals surface area contributed by atoms with Crippen LogP contribution in [0.15, 0.2) is 0 Å². The average Bonchev–Trinajstić information content (AvgIpc) is 2.98. The summed E-state index contributed by atoms with van der Waals surface area (Å²) in [5, 5.41) is 9.64. The molecule has 1 N–H and O–H groups in total. The zero-order chi connectivity index (χ0) is 12.4. The first kappa shape index (κ1) is 13.4. The Balaban J connectivity index is 1.92. The van der Waals surface area contributed by atoms with Gasteiger partial charge < -0.3 is 9.84 Å². The van der Waals surface area contributed by atoms with Crippen LogP contribution in [0.25, 0.3) is 0 Å². The van der Waals surface area contributed by atoms with Crippen LogP contribution in [0.4, 0.5) is 0 Å². The van der Waals surface area contributed by atoms with Gasteiger partial charge in [-0.15, -0.1) is 0 Å². The van der Waals surface area contributed by atoms with E-state index in [2.05, 4.69) is 13.8 Å². The van der Waals surface area contributed by atoms with Gasteiger partial charge in [0.25, 0.3) is 0 Å². The molecule has 0 amide bonds. The quantitative estimate of drug-likeness (QED) is 0.794. The minimum absolute atomic E-state index is 0.106. The zero-order valence-electron chi connectivity index (χ0n) is 11.5. The Kier molecular flexibility index (Phi) is 4.14. The monoisotopic (exact) mass is 240 g/mol. The average molecular weight is 240 g/mol. The van der Waals surface area contributed by atoms with Crippen molar-refractivity contribution in [3.63, 3.8) is 0 Å². The van der Waals surface area contributed by atoms with Crippen LogP contribution in [0.1, 0.15) is 71.6 Å². The second kappa shape index (κ2) is 5.27. The maximum absolute atomic E-state index is 9.64. The van der Waals surface area contributed by atoms with E-state index in [0.717, 1.165) is 19.3 Å². The Hall–Kier alpha value is -0.0800. The Labute approximate surface area is 106 Å². The molecule has 0 bridgehead atoms. The highest BCUT2D eigenvalue weighted by molar-refractivity contribution is 4.94. The fraction of sp³-hybridized carbons (Fsp3) is 1.00. The molecule has 1 saturated heterocycles. The molecular weight excluding hydrogens is 212 g/mol. The molecule has 2 aliphatic rings. The summed E-state index contributed by atoms with van der Waals surface area (Å²) >= 11 is 0. The van der Waals surface area contributed by atoms with Crippen LogP contribution in [0, 0.1) is 5.41 Å². The van der Waals surface area contributed by atoms with Crippen molar-refractivity contribution in [3.05, 3.63) is 0 Å². The van der Waals surface area contributed by atoms with Crippen LogP contribution < -0.4 is 0 Å². The Morgan fingerprint density at radius 2 is 1.82 bits per heavy atom. The van der Waals surface area contributed by atoms with Gasteiger partial charge in [0, 0.05) is 6.61 Å². The van der Waals surface area contributed by atoms with E-state index in [1.165, 1.54) is 38.5 Å². The van der Waals surface area contributed by atoms with Gasteiger partial charge in [-0.25, -0.2) is 0 Å². The summed E-state index contributed by atoms with van der Waals surface area (Å²) in [6, 6.07) is 0. The molecule has 17 heavy (non-hydrogen) atoms. The molecule has 1 aliphatic carbocycles. The van der Waals surface area contributed by atoms with Crippen LogP contribution in [0.3, 0.4) is 0 Å². The number of aliphatic hydroxyl groups is 1. The maximum atomic E-state index is 9.64. The fourth-order valence-electron chi connectivity index (χ4n) is 3.74. The van der Waals surface area contributed by atoms with Crippen LogP contribution in [-0.2, 0) is 4.74 Å². The number of hydrogen-bond acceptors (Lipinski definition) is 2. The molecular formula is C15H28O2. The number of hydrogen-bond donors (Lipinski definition) is 1. The van der Waals surface area contributed by atoms with Crippen LogP contribution in [0.2, 0.25) is 0 Å². The largest absolute Gasteiger partial charge is 0.396 e. The predicted octanol–water partition coefficient (Wildman–Crippen LogP) is 3.67. The highest BCUT2D eigenvalue weighted by atomic mass is 16.5. The lowest BCUT2D eigenvalue weighted by Gasteiger charge is -2.33. The van der Waals surface area contributed by atoms with E-state index in [-0.39, 0.29) is 11.0 Å². The van der Waals surface area contributed by atoms with Gasteiger partial charge in [0.05, 0.1) is 11.7 Å². The minimum atomic E-state index is 0.106. The lowest BCUT2D eigenvalue weighted by atomic mass is 9.78.